The molecule has 0 aromatic heterocycles. The molecule has 0 heterocycles. The molecule has 4 saturated carbocycles. The summed E-state index contributed by atoms with van der Waals surface area (Å²) in [7, 11) is -1.66. The SMILES string of the molecule is C[C@@H]1C(O)[C@@H]2[C@H]3CCC[C@@H]2[C@@H](CO[Si](C)(C)C(C)(C)C)[C@@H]1C3. The summed E-state index contributed by atoms with van der Waals surface area (Å²) < 4.78 is 6.62. The summed E-state index contributed by atoms with van der Waals surface area (Å²) in [5, 5.41) is 11.0. The van der Waals surface area contributed by atoms with Crippen LogP contribution in [0.2, 0.25) is 18.1 Å². The lowest BCUT2D eigenvalue weighted by Crippen LogP contribution is -2.59. The molecule has 0 aromatic carbocycles. The minimum atomic E-state index is -1.66. The zero-order valence-electron chi connectivity index (χ0n) is 15.4. The highest BCUT2D eigenvalue weighted by atomic mass is 28.4. The second-order valence-electron chi connectivity index (χ2n) is 9.92. The molecule has 3 heteroatoms. The van der Waals surface area contributed by atoms with E-state index in [1.807, 2.05) is 0 Å². The van der Waals surface area contributed by atoms with Gasteiger partial charge in [-0.1, -0.05) is 40.5 Å². The van der Waals surface area contributed by atoms with Crippen LogP contribution in [0.3, 0.4) is 0 Å². The molecule has 4 fully saturated rings. The standard InChI is InChI=1S/C19H36O2Si/c1-12-15-10-13-8-7-9-14(17(13)18(12)20)16(15)11-21-22(5,6)19(2,3)4/h12-18,20H,7-11H2,1-6H3/t12-,13-,14+,15+,16+,17+,18?/m0/s1. The fourth-order valence-electron chi connectivity index (χ4n) is 5.48. The molecule has 0 saturated heterocycles. The van der Waals surface area contributed by atoms with Crippen LogP contribution in [-0.4, -0.2) is 26.1 Å². The Balaban J connectivity index is 1.74. The number of hydrogen-bond donors (Lipinski definition) is 1. The average Bonchev–Trinajstić information content (AvgIpc) is 2.41. The number of rotatable bonds is 3. The molecule has 22 heavy (non-hydrogen) atoms. The lowest BCUT2D eigenvalue weighted by molar-refractivity contribution is -0.171. The van der Waals surface area contributed by atoms with Crippen LogP contribution < -0.4 is 0 Å². The molecule has 4 aliphatic rings. The van der Waals surface area contributed by atoms with E-state index in [0.717, 1.165) is 18.4 Å². The second kappa shape index (κ2) is 5.60. The van der Waals surface area contributed by atoms with Crippen molar-refractivity contribution in [1.29, 1.82) is 0 Å². The Morgan fingerprint density at radius 1 is 1.14 bits per heavy atom. The van der Waals surface area contributed by atoms with Crippen LogP contribution >= 0.6 is 0 Å². The Hall–Kier alpha value is 0.137. The molecule has 0 amide bonds. The quantitative estimate of drug-likeness (QED) is 0.763. The fourth-order valence-corrected chi connectivity index (χ4v) is 6.52. The predicted molar refractivity (Wildman–Crippen MR) is 94.2 cm³/mol. The van der Waals surface area contributed by atoms with E-state index in [1.165, 1.54) is 25.7 Å². The fraction of sp³-hybridized carbons (Fsp3) is 1.00. The molecule has 4 aliphatic carbocycles. The monoisotopic (exact) mass is 324 g/mol. The summed E-state index contributed by atoms with van der Waals surface area (Å²) >= 11 is 0. The normalized spacial score (nSPS) is 45.1. The van der Waals surface area contributed by atoms with E-state index in [-0.39, 0.29) is 6.10 Å². The molecule has 1 N–H and O–H groups in total. The smallest absolute Gasteiger partial charge is 0.191 e. The zero-order chi connectivity index (χ0) is 16.3. The van der Waals surface area contributed by atoms with Gasteiger partial charge in [-0.25, -0.2) is 0 Å². The molecule has 4 rings (SSSR count). The highest BCUT2D eigenvalue weighted by Gasteiger charge is 2.57. The molecule has 4 bridgehead atoms. The molecule has 0 aromatic rings. The van der Waals surface area contributed by atoms with Crippen molar-refractivity contribution in [3.63, 3.8) is 0 Å². The predicted octanol–water partition coefficient (Wildman–Crippen LogP) is 4.69. The zero-order valence-corrected chi connectivity index (χ0v) is 16.4. The second-order valence-corrected chi connectivity index (χ2v) is 14.7. The van der Waals surface area contributed by atoms with Crippen LogP contribution in [0.5, 0.6) is 0 Å². The first kappa shape index (κ1) is 17.0. The van der Waals surface area contributed by atoms with Crippen molar-refractivity contribution < 1.29 is 9.53 Å². The van der Waals surface area contributed by atoms with Gasteiger partial charge in [0.2, 0.25) is 0 Å². The van der Waals surface area contributed by atoms with E-state index in [9.17, 15) is 5.11 Å². The topological polar surface area (TPSA) is 29.5 Å². The van der Waals surface area contributed by atoms with Gasteiger partial charge in [0.15, 0.2) is 8.32 Å². The highest BCUT2D eigenvalue weighted by molar-refractivity contribution is 6.74. The van der Waals surface area contributed by atoms with Crippen molar-refractivity contribution in [3.8, 4) is 0 Å². The first-order valence-electron chi connectivity index (χ1n) is 9.45. The molecule has 7 atom stereocenters. The van der Waals surface area contributed by atoms with Crippen LogP contribution in [0.1, 0.15) is 53.4 Å². The summed E-state index contributed by atoms with van der Waals surface area (Å²) in [4.78, 5) is 0. The van der Waals surface area contributed by atoms with E-state index in [4.69, 9.17) is 4.43 Å². The minimum absolute atomic E-state index is 0.0434. The van der Waals surface area contributed by atoms with Crippen molar-refractivity contribution in [1.82, 2.24) is 0 Å². The van der Waals surface area contributed by atoms with Gasteiger partial charge in [0.05, 0.1) is 6.10 Å². The Kier molecular flexibility index (Phi) is 4.32. The Morgan fingerprint density at radius 3 is 2.45 bits per heavy atom. The Bertz CT molecular complexity index is 410. The highest BCUT2D eigenvalue weighted by Crippen LogP contribution is 2.59. The molecule has 128 valence electrons. The molecule has 0 aliphatic heterocycles. The summed E-state index contributed by atoms with van der Waals surface area (Å²) in [6, 6.07) is 0. The lowest BCUT2D eigenvalue weighted by Gasteiger charge is -2.60. The molecule has 2 nitrogen and oxygen atoms in total. The van der Waals surface area contributed by atoms with Gasteiger partial charge in [0.25, 0.3) is 0 Å². The maximum Gasteiger partial charge on any atom is 0.191 e. The summed E-state index contributed by atoms with van der Waals surface area (Å²) in [5.41, 5.74) is 0. The molecule has 1 unspecified atom stereocenters. The lowest BCUT2D eigenvalue weighted by atomic mass is 9.47. The average molecular weight is 325 g/mol. The van der Waals surface area contributed by atoms with Crippen LogP contribution in [0.15, 0.2) is 0 Å². The van der Waals surface area contributed by atoms with Crippen LogP contribution in [0.4, 0.5) is 0 Å². The largest absolute Gasteiger partial charge is 0.417 e. The summed E-state index contributed by atoms with van der Waals surface area (Å²) in [6.07, 6.45) is 5.36. The van der Waals surface area contributed by atoms with E-state index in [2.05, 4.69) is 40.8 Å². The van der Waals surface area contributed by atoms with E-state index >= 15 is 0 Å². The van der Waals surface area contributed by atoms with Gasteiger partial charge in [-0.05, 0) is 66.5 Å². The Morgan fingerprint density at radius 2 is 1.82 bits per heavy atom. The number of aliphatic hydroxyl groups excluding tert-OH is 1. The van der Waals surface area contributed by atoms with Crippen molar-refractivity contribution >= 4 is 8.32 Å². The molecule has 0 radical (unpaired) electrons. The number of aliphatic hydroxyl groups is 1. The van der Waals surface area contributed by atoms with Crippen molar-refractivity contribution in [2.24, 2.45) is 35.5 Å². The van der Waals surface area contributed by atoms with Gasteiger partial charge in [0, 0.05) is 6.61 Å². The van der Waals surface area contributed by atoms with Gasteiger partial charge in [0.1, 0.15) is 0 Å². The van der Waals surface area contributed by atoms with E-state index < -0.39 is 8.32 Å². The van der Waals surface area contributed by atoms with E-state index in [0.29, 0.717) is 28.7 Å². The van der Waals surface area contributed by atoms with Gasteiger partial charge in [-0.2, -0.15) is 0 Å². The molecular weight excluding hydrogens is 288 g/mol. The number of hydrogen-bond acceptors (Lipinski definition) is 2. The number of fused-ring (bicyclic) bond motifs is 1. The molecule has 0 spiro atoms. The summed E-state index contributed by atoms with van der Waals surface area (Å²) in [6.45, 7) is 15.0. The third-order valence-electron chi connectivity index (χ3n) is 7.88. The first-order valence-corrected chi connectivity index (χ1v) is 12.4. The third kappa shape index (κ3) is 2.61. The van der Waals surface area contributed by atoms with Gasteiger partial charge < -0.3 is 9.53 Å². The first-order chi connectivity index (χ1) is 10.1. The van der Waals surface area contributed by atoms with E-state index in [1.54, 1.807) is 0 Å². The van der Waals surface area contributed by atoms with Crippen molar-refractivity contribution in [2.45, 2.75) is 77.6 Å². The third-order valence-corrected chi connectivity index (χ3v) is 12.4. The van der Waals surface area contributed by atoms with Gasteiger partial charge in [-0.3, -0.25) is 0 Å². The van der Waals surface area contributed by atoms with Crippen molar-refractivity contribution in [2.75, 3.05) is 6.61 Å². The van der Waals surface area contributed by atoms with Gasteiger partial charge in [-0.15, -0.1) is 0 Å². The van der Waals surface area contributed by atoms with Crippen LogP contribution in [-0.2, 0) is 4.43 Å². The van der Waals surface area contributed by atoms with Crippen LogP contribution in [0, 0.1) is 35.5 Å². The minimum Gasteiger partial charge on any atom is -0.417 e. The summed E-state index contributed by atoms with van der Waals surface area (Å²) in [5.74, 6) is 3.98. The Labute approximate surface area is 138 Å². The maximum atomic E-state index is 10.7. The van der Waals surface area contributed by atoms with Crippen LogP contribution in [0.25, 0.3) is 0 Å². The maximum absolute atomic E-state index is 10.7. The van der Waals surface area contributed by atoms with Crippen molar-refractivity contribution in [3.05, 3.63) is 0 Å². The van der Waals surface area contributed by atoms with Gasteiger partial charge >= 0.3 is 0 Å². The molecular formula is C19H36O2Si.